The van der Waals surface area contributed by atoms with Gasteiger partial charge in [-0.25, -0.2) is 0 Å². The summed E-state index contributed by atoms with van der Waals surface area (Å²) in [5.74, 6) is 0.975. The van der Waals surface area contributed by atoms with Gasteiger partial charge in [-0.3, -0.25) is 4.79 Å². The second-order valence-corrected chi connectivity index (χ2v) is 5.22. The number of hydrogen-bond donors (Lipinski definition) is 1. The third-order valence-electron chi connectivity index (χ3n) is 3.61. The fourth-order valence-corrected chi connectivity index (χ4v) is 2.25. The Balaban J connectivity index is 0.00000200. The summed E-state index contributed by atoms with van der Waals surface area (Å²) in [5, 5.41) is 0. The molecule has 0 bridgehead atoms. The lowest BCUT2D eigenvalue weighted by Crippen LogP contribution is -2.59. The minimum Gasteiger partial charge on any atom is -0.486 e. The topological polar surface area (TPSA) is 55.6 Å². The molecule has 1 heterocycles. The molecular weight excluding hydrogens is 276 g/mol. The molecule has 0 unspecified atom stereocenters. The highest BCUT2D eigenvalue weighted by Crippen LogP contribution is 2.26. The lowest BCUT2D eigenvalue weighted by Gasteiger charge is -2.40. The fraction of sp³-hybridized carbons (Fsp3) is 0.533. The van der Waals surface area contributed by atoms with E-state index in [1.807, 2.05) is 39.0 Å². The quantitative estimate of drug-likeness (QED) is 0.925. The van der Waals surface area contributed by atoms with Crippen LogP contribution in [-0.2, 0) is 4.79 Å². The molecule has 1 aromatic rings. The predicted molar refractivity (Wildman–Crippen MR) is 82.4 cm³/mol. The average molecular weight is 299 g/mol. The van der Waals surface area contributed by atoms with E-state index in [1.54, 1.807) is 4.90 Å². The van der Waals surface area contributed by atoms with Gasteiger partial charge in [0, 0.05) is 0 Å². The number of halogens is 1. The molecule has 1 atom stereocenters. The van der Waals surface area contributed by atoms with Crippen molar-refractivity contribution in [2.45, 2.75) is 39.3 Å². The first-order valence-electron chi connectivity index (χ1n) is 6.80. The Bertz CT molecular complexity index is 453. The molecular formula is C15H23ClN2O2. The van der Waals surface area contributed by atoms with Gasteiger partial charge in [-0.1, -0.05) is 25.1 Å². The average Bonchev–Trinajstić information content (AvgIpc) is 2.34. The Hall–Kier alpha value is -1.26. The summed E-state index contributed by atoms with van der Waals surface area (Å²) in [4.78, 5) is 13.6. The van der Waals surface area contributed by atoms with Crippen molar-refractivity contribution in [1.82, 2.24) is 4.90 Å². The molecule has 0 spiro atoms. The molecule has 0 aliphatic carbocycles. The third kappa shape index (κ3) is 3.44. The van der Waals surface area contributed by atoms with Crippen LogP contribution in [0.1, 0.15) is 24.5 Å². The first kappa shape index (κ1) is 16.8. The van der Waals surface area contributed by atoms with Gasteiger partial charge in [0.2, 0.25) is 5.91 Å². The van der Waals surface area contributed by atoms with Gasteiger partial charge in [0.25, 0.3) is 0 Å². The maximum Gasteiger partial charge on any atom is 0.239 e. The Morgan fingerprint density at radius 1 is 1.40 bits per heavy atom. The molecule has 1 amide bonds. The smallest absolute Gasteiger partial charge is 0.239 e. The highest BCUT2D eigenvalue weighted by Gasteiger charge is 2.34. The summed E-state index contributed by atoms with van der Waals surface area (Å²) >= 11 is 0. The Labute approximate surface area is 126 Å². The van der Waals surface area contributed by atoms with Crippen molar-refractivity contribution in [3.63, 3.8) is 0 Å². The number of benzene rings is 1. The number of nitrogens with two attached hydrogens (primary N) is 1. The van der Waals surface area contributed by atoms with Crippen LogP contribution < -0.4 is 10.5 Å². The van der Waals surface area contributed by atoms with Crippen molar-refractivity contribution in [2.24, 2.45) is 5.73 Å². The highest BCUT2D eigenvalue weighted by atomic mass is 35.5. The van der Waals surface area contributed by atoms with Gasteiger partial charge in [-0.15, -0.1) is 12.4 Å². The molecule has 0 radical (unpaired) electrons. The highest BCUT2D eigenvalue weighted by molar-refractivity contribution is 5.85. The monoisotopic (exact) mass is 298 g/mol. The van der Waals surface area contributed by atoms with E-state index < -0.39 is 0 Å². The summed E-state index contributed by atoms with van der Waals surface area (Å²) in [6.45, 7) is 7.28. The zero-order chi connectivity index (χ0) is 14.0. The lowest BCUT2D eigenvalue weighted by molar-refractivity contribution is -0.141. The molecule has 1 saturated heterocycles. The van der Waals surface area contributed by atoms with Gasteiger partial charge in [0.1, 0.15) is 11.9 Å². The van der Waals surface area contributed by atoms with E-state index in [2.05, 4.69) is 0 Å². The lowest BCUT2D eigenvalue weighted by atomic mass is 10.1. The molecule has 1 aliphatic rings. The van der Waals surface area contributed by atoms with E-state index in [9.17, 15) is 4.79 Å². The van der Waals surface area contributed by atoms with Gasteiger partial charge in [0.15, 0.2) is 0 Å². The van der Waals surface area contributed by atoms with Gasteiger partial charge >= 0.3 is 0 Å². The van der Waals surface area contributed by atoms with Crippen LogP contribution in [0, 0.1) is 13.8 Å². The van der Waals surface area contributed by atoms with Crippen LogP contribution in [0.2, 0.25) is 0 Å². The van der Waals surface area contributed by atoms with E-state index in [-0.39, 0.29) is 30.5 Å². The summed E-state index contributed by atoms with van der Waals surface area (Å²) in [5.41, 5.74) is 8.01. The van der Waals surface area contributed by atoms with Gasteiger partial charge in [-0.2, -0.15) is 0 Å². The van der Waals surface area contributed by atoms with Gasteiger partial charge in [-0.05, 0) is 31.4 Å². The number of rotatable bonds is 4. The molecule has 1 fully saturated rings. The maximum absolute atomic E-state index is 11.8. The Morgan fingerprint density at radius 3 is 2.45 bits per heavy atom. The molecule has 2 rings (SSSR count). The van der Waals surface area contributed by atoms with Gasteiger partial charge in [0.05, 0.1) is 19.1 Å². The molecule has 4 nitrogen and oxygen atoms in total. The molecule has 1 aromatic carbocycles. The number of amides is 1. The number of carbonyl (C=O) groups is 1. The van der Waals surface area contributed by atoms with Crippen molar-refractivity contribution >= 4 is 18.3 Å². The van der Waals surface area contributed by atoms with Crippen molar-refractivity contribution in [2.75, 3.05) is 13.1 Å². The molecule has 0 saturated carbocycles. The summed E-state index contributed by atoms with van der Waals surface area (Å²) < 4.78 is 5.97. The van der Waals surface area contributed by atoms with Crippen molar-refractivity contribution in [3.05, 3.63) is 29.3 Å². The van der Waals surface area contributed by atoms with Crippen LogP contribution in [0.3, 0.4) is 0 Å². The zero-order valence-corrected chi connectivity index (χ0v) is 13.1. The minimum atomic E-state index is -0.374. The van der Waals surface area contributed by atoms with Crippen molar-refractivity contribution < 1.29 is 9.53 Å². The number of nitrogens with zero attached hydrogens (tertiary/aromatic N) is 1. The number of likely N-dealkylation sites (tertiary alicyclic amines) is 1. The standard InChI is InChI=1S/C15H22N2O2.ClH/c1-4-13(16)15(18)17-8-12(9-17)19-14-10(2)6-5-7-11(14)3;/h5-7,12-13H,4,8-9,16H2,1-3H3;1H/t13-;/m0./s1. The van der Waals surface area contributed by atoms with E-state index in [1.165, 1.54) is 0 Å². The molecule has 20 heavy (non-hydrogen) atoms. The van der Waals surface area contributed by atoms with Crippen LogP contribution in [0.25, 0.3) is 0 Å². The zero-order valence-electron chi connectivity index (χ0n) is 12.3. The van der Waals surface area contributed by atoms with Crippen LogP contribution >= 0.6 is 12.4 Å². The number of aryl methyl sites for hydroxylation is 2. The van der Waals surface area contributed by atoms with Crippen LogP contribution in [-0.4, -0.2) is 36.0 Å². The minimum absolute atomic E-state index is 0. The fourth-order valence-electron chi connectivity index (χ4n) is 2.25. The summed E-state index contributed by atoms with van der Waals surface area (Å²) in [6, 6.07) is 5.73. The maximum atomic E-state index is 11.8. The molecule has 0 aromatic heterocycles. The molecule has 5 heteroatoms. The second kappa shape index (κ2) is 6.95. The molecule has 1 aliphatic heterocycles. The number of carbonyl (C=O) groups excluding carboxylic acids is 1. The Morgan fingerprint density at radius 2 is 1.95 bits per heavy atom. The number of ether oxygens (including phenoxy) is 1. The van der Waals surface area contributed by atoms with Crippen LogP contribution in [0.15, 0.2) is 18.2 Å². The van der Waals surface area contributed by atoms with Crippen molar-refractivity contribution in [3.8, 4) is 5.75 Å². The summed E-state index contributed by atoms with van der Waals surface area (Å²) in [7, 11) is 0. The van der Waals surface area contributed by atoms with Gasteiger partial charge < -0.3 is 15.4 Å². The summed E-state index contributed by atoms with van der Waals surface area (Å²) in [6.07, 6.45) is 0.769. The van der Waals surface area contributed by atoms with E-state index >= 15 is 0 Å². The van der Waals surface area contributed by atoms with E-state index in [0.29, 0.717) is 19.5 Å². The third-order valence-corrected chi connectivity index (χ3v) is 3.61. The number of para-hydroxylation sites is 1. The van der Waals surface area contributed by atoms with Crippen molar-refractivity contribution in [1.29, 1.82) is 0 Å². The predicted octanol–water partition coefficient (Wildman–Crippen LogP) is 2.05. The number of hydrogen-bond acceptors (Lipinski definition) is 3. The van der Waals surface area contributed by atoms with Crippen LogP contribution in [0.4, 0.5) is 0 Å². The van der Waals surface area contributed by atoms with Crippen LogP contribution in [0.5, 0.6) is 5.75 Å². The normalized spacial score (nSPS) is 16.1. The molecule has 2 N–H and O–H groups in total. The van der Waals surface area contributed by atoms with E-state index in [0.717, 1.165) is 16.9 Å². The first-order chi connectivity index (χ1) is 9.02. The molecule has 112 valence electrons. The largest absolute Gasteiger partial charge is 0.486 e. The first-order valence-corrected chi connectivity index (χ1v) is 6.80. The Kier molecular flexibility index (Phi) is 5.84. The second-order valence-electron chi connectivity index (χ2n) is 5.22. The SMILES string of the molecule is CC[C@H](N)C(=O)N1CC(Oc2c(C)cccc2C)C1.Cl. The van der Waals surface area contributed by atoms with E-state index in [4.69, 9.17) is 10.5 Å².